The van der Waals surface area contributed by atoms with Gasteiger partial charge in [0.25, 0.3) is 0 Å². The number of halogens is 6. The van der Waals surface area contributed by atoms with Crippen LogP contribution in [-0.2, 0) is 6.18 Å². The van der Waals surface area contributed by atoms with E-state index < -0.39 is 17.7 Å². The summed E-state index contributed by atoms with van der Waals surface area (Å²) in [5.41, 5.74) is -1.44. The molecule has 1 atom stereocenters. The van der Waals surface area contributed by atoms with Gasteiger partial charge >= 0.3 is 6.18 Å². The summed E-state index contributed by atoms with van der Waals surface area (Å²) >= 11 is 13.8. The van der Waals surface area contributed by atoms with E-state index in [1.165, 1.54) is 42.2 Å². The molecule has 1 aliphatic heterocycles. The van der Waals surface area contributed by atoms with Crippen LogP contribution in [0, 0.1) is 11.7 Å². The summed E-state index contributed by atoms with van der Waals surface area (Å²) in [7, 11) is 0. The van der Waals surface area contributed by atoms with Gasteiger partial charge in [0.2, 0.25) is 0 Å². The smallest absolute Gasteiger partial charge is 0.355 e. The van der Waals surface area contributed by atoms with Crippen LogP contribution in [0.3, 0.4) is 0 Å². The standard InChI is InChI=1S/C24H16Cl2F4N4OS/c1-12-6-7-17(15(26)10-12)34-22(24(28,29)30)13(11-32-34)21-19(23-31-8-3-9-36-23)20(33-35-21)18-14(25)4-2-5-16(18)27/h2-8,11-12H,9-10H2,1H3. The zero-order valence-electron chi connectivity index (χ0n) is 18.5. The normalized spacial score (nSPS) is 18.2. The molecule has 0 spiro atoms. The summed E-state index contributed by atoms with van der Waals surface area (Å²) in [6, 6.07) is 4.05. The summed E-state index contributed by atoms with van der Waals surface area (Å²) in [5, 5.41) is 8.56. The summed E-state index contributed by atoms with van der Waals surface area (Å²) in [6.07, 6.45) is 3.15. The molecule has 0 saturated heterocycles. The average Bonchev–Trinajstić information content (AvgIpc) is 3.44. The Morgan fingerprint density at radius 1 is 1.19 bits per heavy atom. The second kappa shape index (κ2) is 9.57. The van der Waals surface area contributed by atoms with E-state index in [2.05, 4.69) is 15.2 Å². The van der Waals surface area contributed by atoms with Crippen molar-refractivity contribution in [1.82, 2.24) is 14.9 Å². The molecule has 0 bridgehead atoms. The van der Waals surface area contributed by atoms with Crippen LogP contribution >= 0.6 is 35.0 Å². The number of rotatable bonds is 4. The van der Waals surface area contributed by atoms with Gasteiger partial charge in [0.1, 0.15) is 16.6 Å². The van der Waals surface area contributed by atoms with Gasteiger partial charge in [-0.15, -0.1) is 11.8 Å². The lowest BCUT2D eigenvalue weighted by Crippen LogP contribution is -2.17. The molecule has 3 heterocycles. The lowest BCUT2D eigenvalue weighted by molar-refractivity contribution is -0.142. The molecule has 0 fully saturated rings. The lowest BCUT2D eigenvalue weighted by Gasteiger charge is -2.19. The third-order valence-electron chi connectivity index (χ3n) is 5.59. The van der Waals surface area contributed by atoms with Crippen molar-refractivity contribution in [1.29, 1.82) is 0 Å². The minimum absolute atomic E-state index is 0.0261. The van der Waals surface area contributed by atoms with Gasteiger partial charge in [-0.05, 0) is 30.5 Å². The molecule has 1 aromatic carbocycles. The minimum Gasteiger partial charge on any atom is -0.355 e. The maximum Gasteiger partial charge on any atom is 0.434 e. The molecule has 0 N–H and O–H groups in total. The van der Waals surface area contributed by atoms with Gasteiger partial charge < -0.3 is 4.52 Å². The summed E-state index contributed by atoms with van der Waals surface area (Å²) in [6.45, 7) is 1.90. The zero-order chi connectivity index (χ0) is 25.6. The van der Waals surface area contributed by atoms with Crippen molar-refractivity contribution in [3.05, 3.63) is 76.0 Å². The second-order valence-electron chi connectivity index (χ2n) is 8.11. The van der Waals surface area contributed by atoms with E-state index in [4.69, 9.17) is 27.7 Å². The first-order valence-corrected chi connectivity index (χ1v) is 12.4. The van der Waals surface area contributed by atoms with Crippen LogP contribution in [0.15, 0.2) is 63.4 Å². The number of thioether (sulfide) groups is 1. The minimum atomic E-state index is -4.84. The molecule has 3 aromatic rings. The maximum absolute atomic E-state index is 14.8. The Hall–Kier alpha value is -2.82. The second-order valence-corrected chi connectivity index (χ2v) is 9.98. The number of aromatic nitrogens is 3. The van der Waals surface area contributed by atoms with Gasteiger partial charge in [-0.25, -0.2) is 14.1 Å². The van der Waals surface area contributed by atoms with Crippen molar-refractivity contribution < 1.29 is 22.1 Å². The third-order valence-corrected chi connectivity index (χ3v) is 7.20. The van der Waals surface area contributed by atoms with Crippen molar-refractivity contribution >= 4 is 45.7 Å². The SMILES string of the molecule is CC1C=CC(n2ncc(-c3onc(-c4c(F)cccc4Cl)c3C3=NC=CCS3)c2C(F)(F)F)=C(Cl)C1. The number of hydrogen-bond acceptors (Lipinski definition) is 5. The number of nitrogens with zero attached hydrogens (tertiary/aromatic N) is 4. The lowest BCUT2D eigenvalue weighted by atomic mass is 10.0. The molecule has 2 aromatic heterocycles. The maximum atomic E-state index is 14.8. The molecule has 5 nitrogen and oxygen atoms in total. The third kappa shape index (κ3) is 4.42. The van der Waals surface area contributed by atoms with Gasteiger partial charge in [0.15, 0.2) is 11.5 Å². The molecule has 36 heavy (non-hydrogen) atoms. The monoisotopic (exact) mass is 554 g/mol. The molecule has 0 amide bonds. The van der Waals surface area contributed by atoms with Crippen molar-refractivity contribution in [2.45, 2.75) is 19.5 Å². The highest BCUT2D eigenvalue weighted by Crippen LogP contribution is 2.45. The molecule has 5 rings (SSSR count). The summed E-state index contributed by atoms with van der Waals surface area (Å²) in [4.78, 5) is 4.30. The van der Waals surface area contributed by atoms with E-state index in [1.54, 1.807) is 12.2 Å². The van der Waals surface area contributed by atoms with Crippen LogP contribution in [-0.4, -0.2) is 25.7 Å². The number of hydrogen-bond donors (Lipinski definition) is 0. The fourth-order valence-corrected chi connectivity index (χ4v) is 5.44. The first-order valence-electron chi connectivity index (χ1n) is 10.7. The Morgan fingerprint density at radius 3 is 2.67 bits per heavy atom. The Bertz CT molecular complexity index is 1450. The van der Waals surface area contributed by atoms with Crippen molar-refractivity contribution in [3.8, 4) is 22.6 Å². The molecule has 1 unspecified atom stereocenters. The van der Waals surface area contributed by atoms with E-state index in [0.29, 0.717) is 17.2 Å². The van der Waals surface area contributed by atoms with E-state index >= 15 is 0 Å². The Morgan fingerprint density at radius 2 is 2.00 bits per heavy atom. The van der Waals surface area contributed by atoms with Crippen LogP contribution < -0.4 is 0 Å². The first kappa shape index (κ1) is 24.9. The van der Waals surface area contributed by atoms with Crippen molar-refractivity contribution in [2.75, 3.05) is 5.75 Å². The van der Waals surface area contributed by atoms with Gasteiger partial charge in [0, 0.05) is 17.0 Å². The molecule has 1 aliphatic carbocycles. The predicted molar refractivity (Wildman–Crippen MR) is 133 cm³/mol. The Kier molecular flexibility index (Phi) is 6.61. The molecular formula is C24H16Cl2F4N4OS. The zero-order valence-corrected chi connectivity index (χ0v) is 20.8. The number of aliphatic imine (C=N–C) groups is 1. The highest BCUT2D eigenvalue weighted by molar-refractivity contribution is 8.14. The fraction of sp³-hybridized carbons (Fsp3) is 0.208. The highest BCUT2D eigenvalue weighted by atomic mass is 35.5. The average molecular weight is 555 g/mol. The van der Waals surface area contributed by atoms with Gasteiger partial charge in [-0.2, -0.15) is 18.3 Å². The van der Waals surface area contributed by atoms with Crippen LogP contribution in [0.1, 0.15) is 24.6 Å². The van der Waals surface area contributed by atoms with E-state index in [1.807, 2.05) is 6.92 Å². The van der Waals surface area contributed by atoms with Crippen LogP contribution in [0.25, 0.3) is 28.3 Å². The molecule has 12 heteroatoms. The fourth-order valence-electron chi connectivity index (χ4n) is 3.99. The van der Waals surface area contributed by atoms with Crippen LogP contribution in [0.4, 0.5) is 17.6 Å². The van der Waals surface area contributed by atoms with Gasteiger partial charge in [0.05, 0.1) is 33.6 Å². The number of benzene rings is 1. The summed E-state index contributed by atoms with van der Waals surface area (Å²) in [5.74, 6) is -0.376. The molecule has 0 saturated carbocycles. The van der Waals surface area contributed by atoms with Crippen molar-refractivity contribution in [3.63, 3.8) is 0 Å². The molecule has 0 radical (unpaired) electrons. The van der Waals surface area contributed by atoms with Gasteiger partial charge in [-0.1, -0.05) is 53.5 Å². The van der Waals surface area contributed by atoms with Crippen molar-refractivity contribution in [2.24, 2.45) is 10.9 Å². The largest absolute Gasteiger partial charge is 0.434 e. The molecule has 2 aliphatic rings. The van der Waals surface area contributed by atoms with Crippen LogP contribution in [0.5, 0.6) is 0 Å². The first-order chi connectivity index (χ1) is 17.2. The Balaban J connectivity index is 1.78. The van der Waals surface area contributed by atoms with Gasteiger partial charge in [-0.3, -0.25) is 0 Å². The highest BCUT2D eigenvalue weighted by Gasteiger charge is 2.42. The number of alkyl halides is 3. The topological polar surface area (TPSA) is 56.2 Å². The van der Waals surface area contributed by atoms with E-state index in [0.717, 1.165) is 10.9 Å². The quantitative estimate of drug-likeness (QED) is 0.306. The van der Waals surface area contributed by atoms with E-state index in [-0.39, 0.29) is 49.8 Å². The van der Waals surface area contributed by atoms with E-state index in [9.17, 15) is 17.6 Å². The van der Waals surface area contributed by atoms with Crippen LogP contribution in [0.2, 0.25) is 5.02 Å². The predicted octanol–water partition coefficient (Wildman–Crippen LogP) is 8.03. The Labute approximate surface area is 217 Å². The molecule has 186 valence electrons. The number of allylic oxidation sites excluding steroid dienone is 4. The summed E-state index contributed by atoms with van der Waals surface area (Å²) < 4.78 is 64.5. The molecular weight excluding hydrogens is 539 g/mol.